The Morgan fingerprint density at radius 3 is 2.78 bits per heavy atom. The highest BCUT2D eigenvalue weighted by atomic mass is 16.2. The van der Waals surface area contributed by atoms with Crippen molar-refractivity contribution in [2.45, 2.75) is 37.9 Å². The fourth-order valence-corrected chi connectivity index (χ4v) is 4.17. The minimum atomic E-state index is 0.0758. The smallest absolute Gasteiger partial charge is 0.237 e. The molecule has 3 aliphatic rings. The Morgan fingerprint density at radius 1 is 1.30 bits per heavy atom. The van der Waals surface area contributed by atoms with E-state index in [1.54, 1.807) is 0 Å². The topological polar surface area (TPSA) is 48.5 Å². The number of pyridine rings is 1. The van der Waals surface area contributed by atoms with Gasteiger partial charge in [-0.25, -0.2) is 0 Å². The molecule has 1 saturated carbocycles. The van der Waals surface area contributed by atoms with Crippen molar-refractivity contribution in [1.29, 1.82) is 0 Å². The number of likely N-dealkylation sites (tertiary alicyclic amines) is 2. The average Bonchev–Trinajstić information content (AvgIpc) is 3.23. The molecule has 0 radical (unpaired) electrons. The van der Waals surface area contributed by atoms with E-state index in [0.717, 1.165) is 38.5 Å². The molecule has 0 aromatic carbocycles. The molecule has 1 aliphatic carbocycles. The van der Waals surface area contributed by atoms with Crippen molar-refractivity contribution in [3.05, 3.63) is 30.1 Å². The van der Waals surface area contributed by atoms with E-state index >= 15 is 0 Å². The van der Waals surface area contributed by atoms with Gasteiger partial charge in [-0.1, -0.05) is 0 Å². The molecular weight excluding hydrogens is 288 g/mol. The van der Waals surface area contributed by atoms with E-state index in [9.17, 15) is 4.79 Å². The van der Waals surface area contributed by atoms with Gasteiger partial charge in [-0.2, -0.15) is 0 Å². The van der Waals surface area contributed by atoms with Gasteiger partial charge >= 0.3 is 0 Å². The third-order valence-corrected chi connectivity index (χ3v) is 5.74. The number of amides is 1. The van der Waals surface area contributed by atoms with E-state index in [-0.39, 0.29) is 11.9 Å². The summed E-state index contributed by atoms with van der Waals surface area (Å²) in [4.78, 5) is 21.3. The maximum Gasteiger partial charge on any atom is 0.237 e. The highest BCUT2D eigenvalue weighted by molar-refractivity contribution is 5.82. The zero-order valence-electron chi connectivity index (χ0n) is 13.8. The second-order valence-electron chi connectivity index (χ2n) is 7.48. The van der Waals surface area contributed by atoms with Crippen LogP contribution in [0, 0.1) is 11.8 Å². The molecule has 5 nitrogen and oxygen atoms in total. The normalized spacial score (nSPS) is 31.3. The molecule has 0 spiro atoms. The first-order valence-corrected chi connectivity index (χ1v) is 8.81. The number of carbonyl (C=O) groups excluding carboxylic acids is 1. The van der Waals surface area contributed by atoms with Crippen molar-refractivity contribution in [3.8, 4) is 0 Å². The van der Waals surface area contributed by atoms with Crippen LogP contribution in [-0.2, 0) is 11.3 Å². The number of likely N-dealkylation sites (N-methyl/N-ethyl adjacent to an activating group) is 1. The number of nitrogens with zero attached hydrogens (tertiary/aromatic N) is 3. The Hall–Kier alpha value is -1.46. The summed E-state index contributed by atoms with van der Waals surface area (Å²) in [6, 6.07) is 4.78. The van der Waals surface area contributed by atoms with E-state index in [4.69, 9.17) is 0 Å². The molecule has 3 fully saturated rings. The summed E-state index contributed by atoms with van der Waals surface area (Å²) in [7, 11) is 2.13. The van der Waals surface area contributed by atoms with Gasteiger partial charge in [-0.05, 0) is 55.8 Å². The van der Waals surface area contributed by atoms with E-state index in [0.29, 0.717) is 12.0 Å². The molecule has 0 bridgehead atoms. The SMILES string of the molecule is CN1[C@H](C(=O)NCC2CC2)C[C@@H]2CN(Cc3ccncc3)C[C@@H]21. The van der Waals surface area contributed by atoms with Crippen LogP contribution in [-0.4, -0.2) is 59.5 Å². The van der Waals surface area contributed by atoms with Crippen LogP contribution in [0.5, 0.6) is 0 Å². The van der Waals surface area contributed by atoms with Gasteiger partial charge in [0.2, 0.25) is 5.91 Å². The molecule has 5 heteroatoms. The largest absolute Gasteiger partial charge is 0.354 e. The lowest BCUT2D eigenvalue weighted by Gasteiger charge is -2.26. The lowest BCUT2D eigenvalue weighted by molar-refractivity contribution is -0.125. The first kappa shape index (κ1) is 15.1. The van der Waals surface area contributed by atoms with Crippen LogP contribution in [0.1, 0.15) is 24.8 Å². The highest BCUT2D eigenvalue weighted by Gasteiger charge is 2.46. The maximum atomic E-state index is 12.4. The Balaban J connectivity index is 1.31. The Kier molecular flexibility index (Phi) is 4.07. The summed E-state index contributed by atoms with van der Waals surface area (Å²) in [6.07, 6.45) is 7.30. The minimum Gasteiger partial charge on any atom is -0.354 e. The van der Waals surface area contributed by atoms with Crippen LogP contribution in [0.25, 0.3) is 0 Å². The lowest BCUT2D eigenvalue weighted by atomic mass is 10.0. The standard InChI is InChI=1S/C18H26N4O/c1-21-16(18(23)20-9-13-2-3-13)8-15-11-22(12-17(15)21)10-14-4-6-19-7-5-14/h4-7,13,15-17H,2-3,8-12H2,1H3,(H,20,23)/t15-,16+,17+/m1/s1. The summed E-state index contributed by atoms with van der Waals surface area (Å²) < 4.78 is 0. The summed E-state index contributed by atoms with van der Waals surface area (Å²) in [6.45, 7) is 4.04. The minimum absolute atomic E-state index is 0.0758. The monoisotopic (exact) mass is 314 g/mol. The number of hydrogen-bond acceptors (Lipinski definition) is 4. The average molecular weight is 314 g/mol. The van der Waals surface area contributed by atoms with Crippen LogP contribution in [0.15, 0.2) is 24.5 Å². The van der Waals surface area contributed by atoms with Crippen molar-refractivity contribution >= 4 is 5.91 Å². The van der Waals surface area contributed by atoms with Crippen molar-refractivity contribution in [2.24, 2.45) is 11.8 Å². The molecule has 1 N–H and O–H groups in total. The van der Waals surface area contributed by atoms with Crippen LogP contribution < -0.4 is 5.32 Å². The second kappa shape index (κ2) is 6.21. The first-order valence-electron chi connectivity index (χ1n) is 8.81. The molecular formula is C18H26N4O. The van der Waals surface area contributed by atoms with Crippen molar-refractivity contribution in [1.82, 2.24) is 20.1 Å². The van der Waals surface area contributed by atoms with Gasteiger partial charge in [0.25, 0.3) is 0 Å². The maximum absolute atomic E-state index is 12.4. The molecule has 2 aliphatic heterocycles. The molecule has 3 heterocycles. The summed E-state index contributed by atoms with van der Waals surface area (Å²) in [5.74, 6) is 1.62. The predicted octanol–water partition coefficient (Wildman–Crippen LogP) is 1.11. The van der Waals surface area contributed by atoms with Crippen LogP contribution in [0.4, 0.5) is 0 Å². The number of fused-ring (bicyclic) bond motifs is 1. The predicted molar refractivity (Wildman–Crippen MR) is 88.7 cm³/mol. The van der Waals surface area contributed by atoms with Crippen molar-refractivity contribution in [3.63, 3.8) is 0 Å². The fraction of sp³-hybridized carbons (Fsp3) is 0.667. The molecule has 1 aromatic heterocycles. The van der Waals surface area contributed by atoms with Gasteiger partial charge in [0.1, 0.15) is 0 Å². The molecule has 4 rings (SSSR count). The molecule has 2 saturated heterocycles. The Bertz CT molecular complexity index is 559. The molecule has 1 aromatic rings. The summed E-state index contributed by atoms with van der Waals surface area (Å²) in [5, 5.41) is 3.16. The number of rotatable bonds is 5. The van der Waals surface area contributed by atoms with Gasteiger partial charge < -0.3 is 5.32 Å². The van der Waals surface area contributed by atoms with E-state index in [1.165, 1.54) is 18.4 Å². The summed E-state index contributed by atoms with van der Waals surface area (Å²) >= 11 is 0. The quantitative estimate of drug-likeness (QED) is 0.884. The van der Waals surface area contributed by atoms with Crippen LogP contribution >= 0.6 is 0 Å². The molecule has 3 atom stereocenters. The molecule has 124 valence electrons. The van der Waals surface area contributed by atoms with Crippen LogP contribution in [0.2, 0.25) is 0 Å². The van der Waals surface area contributed by atoms with E-state index in [1.807, 2.05) is 12.4 Å². The van der Waals surface area contributed by atoms with Gasteiger partial charge in [-0.15, -0.1) is 0 Å². The fourth-order valence-electron chi connectivity index (χ4n) is 4.17. The van der Waals surface area contributed by atoms with E-state index < -0.39 is 0 Å². The third-order valence-electron chi connectivity index (χ3n) is 5.74. The Labute approximate surface area is 138 Å². The highest BCUT2D eigenvalue weighted by Crippen LogP contribution is 2.35. The third kappa shape index (κ3) is 3.26. The zero-order chi connectivity index (χ0) is 15.8. The molecule has 1 amide bonds. The number of aromatic nitrogens is 1. The van der Waals surface area contributed by atoms with Crippen molar-refractivity contribution in [2.75, 3.05) is 26.7 Å². The number of hydrogen-bond donors (Lipinski definition) is 1. The Morgan fingerprint density at radius 2 is 2.09 bits per heavy atom. The van der Waals surface area contributed by atoms with Crippen LogP contribution in [0.3, 0.4) is 0 Å². The number of nitrogens with one attached hydrogen (secondary N) is 1. The van der Waals surface area contributed by atoms with E-state index in [2.05, 4.69) is 39.3 Å². The number of carbonyl (C=O) groups is 1. The lowest BCUT2D eigenvalue weighted by Crippen LogP contribution is -2.46. The van der Waals surface area contributed by atoms with Gasteiger partial charge in [0.05, 0.1) is 6.04 Å². The molecule has 23 heavy (non-hydrogen) atoms. The van der Waals surface area contributed by atoms with Crippen molar-refractivity contribution < 1.29 is 4.79 Å². The zero-order valence-corrected chi connectivity index (χ0v) is 13.8. The van der Waals surface area contributed by atoms with Gasteiger partial charge in [0.15, 0.2) is 0 Å². The van der Waals surface area contributed by atoms with Gasteiger partial charge in [0, 0.05) is 44.6 Å². The summed E-state index contributed by atoms with van der Waals surface area (Å²) in [5.41, 5.74) is 1.32. The van der Waals surface area contributed by atoms with Gasteiger partial charge in [-0.3, -0.25) is 19.6 Å². The first-order chi connectivity index (χ1) is 11.2. The molecule has 0 unspecified atom stereocenters. The second-order valence-corrected chi connectivity index (χ2v) is 7.48.